The maximum atomic E-state index is 11.4. The van der Waals surface area contributed by atoms with E-state index in [1.165, 1.54) is 18.4 Å². The molecule has 3 heterocycles. The van der Waals surface area contributed by atoms with E-state index in [0.29, 0.717) is 4.88 Å². The summed E-state index contributed by atoms with van der Waals surface area (Å²) in [5, 5.41) is 5.31. The Morgan fingerprint density at radius 3 is 3.19 bits per heavy atom. The number of thiophene rings is 1. The molecule has 3 aromatic rings. The van der Waals surface area contributed by atoms with Crippen LogP contribution in [-0.4, -0.2) is 27.8 Å². The molecule has 1 N–H and O–H groups in total. The molecule has 0 aliphatic heterocycles. The fraction of sp³-hybridized carbons (Fsp3) is 0.200. The summed E-state index contributed by atoms with van der Waals surface area (Å²) in [5.74, 6) is -0.299. The third-order valence-electron chi connectivity index (χ3n) is 2.45. The zero-order valence-corrected chi connectivity index (χ0v) is 9.59. The van der Waals surface area contributed by atoms with Gasteiger partial charge in [0.15, 0.2) is 5.65 Å². The predicted octanol–water partition coefficient (Wildman–Crippen LogP) is 1.90. The number of carbonyl (C=O) groups is 1. The molecule has 3 aromatic heterocycles. The van der Waals surface area contributed by atoms with E-state index in [1.54, 1.807) is 10.7 Å². The zero-order chi connectivity index (χ0) is 11.3. The molecule has 0 amide bonds. The number of H-pyrrole nitrogens is 1. The van der Waals surface area contributed by atoms with Crippen LogP contribution in [0.2, 0.25) is 0 Å². The average molecular weight is 235 g/mol. The molecule has 0 radical (unpaired) electrons. The molecule has 0 unspecified atom stereocenters. The van der Waals surface area contributed by atoms with Crippen LogP contribution in [0.15, 0.2) is 12.3 Å². The van der Waals surface area contributed by atoms with Crippen molar-refractivity contribution in [1.29, 1.82) is 0 Å². The lowest BCUT2D eigenvalue weighted by atomic mass is 10.4. The van der Waals surface area contributed by atoms with Crippen molar-refractivity contribution in [2.75, 3.05) is 7.11 Å². The Labute approximate surface area is 94.6 Å². The second kappa shape index (κ2) is 3.08. The summed E-state index contributed by atoms with van der Waals surface area (Å²) in [6, 6.07) is 1.80. The van der Waals surface area contributed by atoms with Crippen LogP contribution in [0, 0.1) is 0 Å². The van der Waals surface area contributed by atoms with Crippen molar-refractivity contribution in [2.45, 2.75) is 0 Å². The molecule has 0 bridgehead atoms. The minimum Gasteiger partial charge on any atom is -0.465 e. The quantitative estimate of drug-likeness (QED) is 0.655. The number of nitrogens with one attached hydrogen (secondary N) is 1. The van der Waals surface area contributed by atoms with Crippen LogP contribution in [0.5, 0.6) is 0 Å². The minimum absolute atomic E-state index is 0.299. The predicted molar refractivity (Wildman–Crippen MR) is 61.8 cm³/mol. The van der Waals surface area contributed by atoms with Crippen LogP contribution in [0.25, 0.3) is 21.3 Å². The fourth-order valence-electron chi connectivity index (χ4n) is 1.76. The minimum atomic E-state index is -0.299. The van der Waals surface area contributed by atoms with Gasteiger partial charge in [-0.05, 0) is 6.07 Å². The highest BCUT2D eigenvalue weighted by atomic mass is 32.1. The number of aryl methyl sites for hydroxylation is 1. The van der Waals surface area contributed by atoms with E-state index >= 15 is 0 Å². The van der Waals surface area contributed by atoms with Gasteiger partial charge in [0.25, 0.3) is 0 Å². The van der Waals surface area contributed by atoms with E-state index in [2.05, 4.69) is 14.8 Å². The molecular formula is C10H9N3O2S. The molecule has 16 heavy (non-hydrogen) atoms. The molecule has 0 fully saturated rings. The first-order valence-corrected chi connectivity index (χ1v) is 5.54. The number of nitrogens with zero attached hydrogens (tertiary/aromatic N) is 2. The number of fused-ring (bicyclic) bond motifs is 3. The Morgan fingerprint density at radius 2 is 2.44 bits per heavy atom. The summed E-state index contributed by atoms with van der Waals surface area (Å²) in [6.45, 7) is 0. The second-order valence-corrected chi connectivity index (χ2v) is 4.59. The summed E-state index contributed by atoms with van der Waals surface area (Å²) in [7, 11) is 3.25. The molecule has 5 nitrogen and oxygen atoms in total. The largest absolute Gasteiger partial charge is 0.465 e. The maximum Gasteiger partial charge on any atom is 0.348 e. The van der Waals surface area contributed by atoms with E-state index in [9.17, 15) is 4.79 Å². The third kappa shape index (κ3) is 1.16. The highest BCUT2D eigenvalue weighted by Crippen LogP contribution is 2.32. The second-order valence-electron chi connectivity index (χ2n) is 3.54. The summed E-state index contributed by atoms with van der Waals surface area (Å²) in [4.78, 5) is 15.2. The maximum absolute atomic E-state index is 11.4. The van der Waals surface area contributed by atoms with Gasteiger partial charge in [-0.25, -0.2) is 4.79 Å². The molecule has 3 rings (SSSR count). The van der Waals surface area contributed by atoms with Crippen molar-refractivity contribution >= 4 is 38.6 Å². The summed E-state index contributed by atoms with van der Waals surface area (Å²) < 4.78 is 7.48. The van der Waals surface area contributed by atoms with Gasteiger partial charge in [0.1, 0.15) is 4.88 Å². The number of aromatic amines is 1. The van der Waals surface area contributed by atoms with Gasteiger partial charge in [-0.2, -0.15) is 5.10 Å². The van der Waals surface area contributed by atoms with E-state index < -0.39 is 0 Å². The fourth-order valence-corrected chi connectivity index (χ4v) is 2.80. The van der Waals surface area contributed by atoms with Gasteiger partial charge in [0.05, 0.1) is 22.7 Å². The number of methoxy groups -OCH3 is 1. The molecule has 0 aromatic carbocycles. The summed E-state index contributed by atoms with van der Waals surface area (Å²) >= 11 is 1.42. The van der Waals surface area contributed by atoms with Gasteiger partial charge in [0.2, 0.25) is 0 Å². The number of ether oxygens (including phenoxy) is 1. The monoisotopic (exact) mass is 235 g/mol. The van der Waals surface area contributed by atoms with Crippen molar-refractivity contribution in [1.82, 2.24) is 14.8 Å². The summed E-state index contributed by atoms with van der Waals surface area (Å²) in [6.07, 6.45) is 1.94. The van der Waals surface area contributed by atoms with Crippen molar-refractivity contribution in [3.05, 3.63) is 17.1 Å². The van der Waals surface area contributed by atoms with Crippen molar-refractivity contribution in [3.8, 4) is 0 Å². The molecule has 6 heteroatoms. The van der Waals surface area contributed by atoms with E-state index in [4.69, 9.17) is 0 Å². The lowest BCUT2D eigenvalue weighted by Crippen LogP contribution is -1.96. The topological polar surface area (TPSA) is 59.9 Å². The zero-order valence-electron chi connectivity index (χ0n) is 8.77. The van der Waals surface area contributed by atoms with E-state index in [1.807, 2.05) is 13.2 Å². The molecular weight excluding hydrogens is 226 g/mol. The molecule has 0 aliphatic carbocycles. The van der Waals surface area contributed by atoms with Crippen LogP contribution in [0.1, 0.15) is 9.67 Å². The van der Waals surface area contributed by atoms with Crippen molar-refractivity contribution < 1.29 is 9.53 Å². The van der Waals surface area contributed by atoms with E-state index in [-0.39, 0.29) is 5.97 Å². The number of rotatable bonds is 1. The van der Waals surface area contributed by atoms with Gasteiger partial charge in [0, 0.05) is 13.2 Å². The van der Waals surface area contributed by atoms with Gasteiger partial charge in [-0.3, -0.25) is 4.68 Å². The Hall–Kier alpha value is -1.82. The lowest BCUT2D eigenvalue weighted by molar-refractivity contribution is 0.0606. The normalized spacial score (nSPS) is 11.4. The Bertz CT molecular complexity index is 691. The van der Waals surface area contributed by atoms with Crippen LogP contribution in [0.4, 0.5) is 0 Å². The number of hydrogen-bond donors (Lipinski definition) is 1. The number of carbonyl (C=O) groups excluding carboxylic acids is 1. The first-order valence-electron chi connectivity index (χ1n) is 4.72. The smallest absolute Gasteiger partial charge is 0.348 e. The van der Waals surface area contributed by atoms with Gasteiger partial charge >= 0.3 is 5.97 Å². The number of aromatic nitrogens is 3. The third-order valence-corrected chi connectivity index (χ3v) is 3.59. The summed E-state index contributed by atoms with van der Waals surface area (Å²) in [5.41, 5.74) is 1.78. The standard InChI is InChI=1S/C10H9N3O2S/c1-13-4-5-8-6(11-9(5)12-13)3-7(16-8)10(14)15-2/h3-4H,1-2H3,(H,11,12). The average Bonchev–Trinajstić information content (AvgIpc) is 2.86. The Morgan fingerprint density at radius 1 is 1.62 bits per heavy atom. The highest BCUT2D eigenvalue weighted by Gasteiger charge is 2.15. The van der Waals surface area contributed by atoms with Crippen LogP contribution >= 0.6 is 11.3 Å². The van der Waals surface area contributed by atoms with Crippen LogP contribution < -0.4 is 0 Å². The number of esters is 1. The lowest BCUT2D eigenvalue weighted by Gasteiger charge is -1.91. The molecule has 0 aliphatic rings. The molecule has 0 saturated heterocycles. The van der Waals surface area contributed by atoms with Crippen LogP contribution in [0.3, 0.4) is 0 Å². The SMILES string of the molecule is COC(=O)c1cc2[nH]c3nn(C)cc3c2s1. The van der Waals surface area contributed by atoms with Crippen molar-refractivity contribution in [2.24, 2.45) is 7.05 Å². The van der Waals surface area contributed by atoms with Gasteiger partial charge < -0.3 is 9.72 Å². The molecule has 0 atom stereocenters. The Kier molecular flexibility index (Phi) is 1.81. The van der Waals surface area contributed by atoms with Crippen LogP contribution in [-0.2, 0) is 11.8 Å². The number of hydrogen-bond acceptors (Lipinski definition) is 4. The molecule has 0 saturated carbocycles. The molecule has 0 spiro atoms. The highest BCUT2D eigenvalue weighted by molar-refractivity contribution is 7.21. The van der Waals surface area contributed by atoms with Gasteiger partial charge in [-0.15, -0.1) is 11.3 Å². The Balaban J connectivity index is 2.28. The van der Waals surface area contributed by atoms with E-state index in [0.717, 1.165) is 21.3 Å². The molecule has 82 valence electrons. The van der Waals surface area contributed by atoms with Crippen molar-refractivity contribution in [3.63, 3.8) is 0 Å². The first kappa shape index (κ1) is 9.41. The first-order chi connectivity index (χ1) is 7.69. The van der Waals surface area contributed by atoms with Gasteiger partial charge in [-0.1, -0.05) is 0 Å².